The van der Waals surface area contributed by atoms with Gasteiger partial charge in [0.15, 0.2) is 0 Å². The van der Waals surface area contributed by atoms with Gasteiger partial charge >= 0.3 is 47.8 Å². The van der Waals surface area contributed by atoms with E-state index in [1.807, 2.05) is 0 Å². The van der Waals surface area contributed by atoms with Crippen molar-refractivity contribution >= 4 is 47.8 Å². The van der Waals surface area contributed by atoms with Gasteiger partial charge < -0.3 is 133 Å². The van der Waals surface area contributed by atoms with Gasteiger partial charge in [-0.1, -0.05) is 261 Å². The molecule has 34 nitrogen and oxygen atoms in total. The van der Waals surface area contributed by atoms with E-state index in [1.54, 1.807) is 0 Å². The van der Waals surface area contributed by atoms with Gasteiger partial charge in [-0.05, 0) is 51.4 Å². The first-order chi connectivity index (χ1) is 55.0. The second kappa shape index (κ2) is 139. The lowest BCUT2D eigenvalue weighted by atomic mass is 10.1. The van der Waals surface area contributed by atoms with Crippen LogP contribution in [0.3, 0.4) is 0 Å². The molecule has 116 heavy (non-hydrogen) atoms. The number of carboxylic acid groups (broad SMARTS) is 8. The maximum absolute atomic E-state index is 10.0. The third-order valence-corrected chi connectivity index (χ3v) is 14.5. The van der Waals surface area contributed by atoms with Gasteiger partial charge in [0.25, 0.3) is 0 Å². The molecular weight excluding hydrogens is 1530 g/mol. The highest BCUT2D eigenvalue weighted by Crippen LogP contribution is 2.10. The van der Waals surface area contributed by atoms with E-state index in [0.29, 0.717) is 51.4 Å². The Kier molecular flexibility index (Phi) is 171. The molecular formula is C82H176O34. The molecule has 0 saturated heterocycles. The first kappa shape index (κ1) is 143. The Morgan fingerprint density at radius 3 is 0.259 bits per heavy atom. The van der Waals surface area contributed by atoms with Crippen LogP contribution in [0.15, 0.2) is 0 Å². The minimum absolute atomic E-state index is 0.337. The Labute approximate surface area is 695 Å². The molecule has 34 heteroatoms. The number of unbranched alkanes of at least 4 members (excludes halogenated alkanes) is 32. The van der Waals surface area contributed by atoms with Gasteiger partial charge in [0.2, 0.25) is 0 Å². The maximum Gasteiger partial charge on any atom is 0.303 e. The SMILES string of the molecule is CCCCCCCC(=O)O.CCCCCCCC(=O)O.CCCCCCCC(=O)O.CCCCCCCC(=O)O.CCCCCCCC(=O)O.CCCCCCCC(=O)O.CCCCCCCC(=O)O.CCCCCCCC(=O)O.OCC(O)CO.OCC(O)CO.OCC(O)CO.OCC(O)CO.OCC(O)CO.OCC(O)CO. The van der Waals surface area contributed by atoms with Gasteiger partial charge in [0, 0.05) is 51.4 Å². The van der Waals surface area contributed by atoms with Gasteiger partial charge in [0.1, 0.15) is 36.6 Å². The Morgan fingerprint density at radius 1 is 0.147 bits per heavy atom. The quantitative estimate of drug-likeness (QED) is 0.0252. The molecule has 26 N–H and O–H groups in total. The summed E-state index contributed by atoms with van der Waals surface area (Å²) in [4.78, 5) is 80.3. The number of carbonyl (C=O) groups is 8. The van der Waals surface area contributed by atoms with E-state index in [1.165, 1.54) is 154 Å². The van der Waals surface area contributed by atoms with Crippen LogP contribution in [0.25, 0.3) is 0 Å². The molecule has 0 fully saturated rings. The van der Waals surface area contributed by atoms with E-state index in [2.05, 4.69) is 55.4 Å². The third kappa shape index (κ3) is 226. The van der Waals surface area contributed by atoms with Gasteiger partial charge in [-0.3, -0.25) is 38.4 Å². The number of aliphatic hydroxyl groups is 18. The molecule has 0 aliphatic carbocycles. The van der Waals surface area contributed by atoms with E-state index in [-0.39, 0.29) is 79.3 Å². The summed E-state index contributed by atoms with van der Waals surface area (Å²) in [7, 11) is 0. The molecule has 0 radical (unpaired) electrons. The minimum atomic E-state index is -0.954. The summed E-state index contributed by atoms with van der Waals surface area (Å²) in [5.41, 5.74) is 0. The van der Waals surface area contributed by atoms with Crippen LogP contribution in [-0.4, -0.2) is 296 Å². The van der Waals surface area contributed by atoms with Gasteiger partial charge in [-0.25, -0.2) is 0 Å². The van der Waals surface area contributed by atoms with Crippen LogP contribution in [0.1, 0.15) is 364 Å². The summed E-state index contributed by atoms with van der Waals surface area (Å²) in [6.45, 7) is 12.8. The number of hydrogen-bond donors (Lipinski definition) is 26. The highest BCUT2D eigenvalue weighted by atomic mass is 16.4. The fourth-order valence-corrected chi connectivity index (χ4v) is 7.38. The second-order valence-electron chi connectivity index (χ2n) is 26.6. The van der Waals surface area contributed by atoms with Crippen LogP contribution in [0, 0.1) is 0 Å². The summed E-state index contributed by atoms with van der Waals surface area (Å²) in [5, 5.41) is 210. The first-order valence-corrected chi connectivity index (χ1v) is 42.2. The number of carboxylic acids is 8. The van der Waals surface area contributed by atoms with Crippen molar-refractivity contribution in [3.8, 4) is 0 Å². The highest BCUT2D eigenvalue weighted by Gasteiger charge is 2.03. The fraction of sp³-hybridized carbons (Fsp3) is 0.902. The van der Waals surface area contributed by atoms with Crippen LogP contribution < -0.4 is 0 Å². The molecule has 708 valence electrons. The maximum atomic E-state index is 10.0. The lowest BCUT2D eigenvalue weighted by Gasteiger charge is -1.96. The van der Waals surface area contributed by atoms with Crippen LogP contribution in [0.4, 0.5) is 0 Å². The summed E-state index contributed by atoms with van der Waals surface area (Å²) >= 11 is 0. The zero-order chi connectivity index (χ0) is 92.5. The van der Waals surface area contributed by atoms with Gasteiger partial charge in [-0.2, -0.15) is 0 Å². The van der Waals surface area contributed by atoms with Crippen molar-refractivity contribution in [1.82, 2.24) is 0 Å². The standard InChI is InChI=1S/8C8H16O2.6C3H8O3/c8*1-2-3-4-5-6-7-8(9)10;6*4-1-3(6)2-5/h8*2-7H2,1H3,(H,9,10);6*3-6H,1-2H2. The summed E-state index contributed by atoms with van der Waals surface area (Å²) in [6, 6.07) is 0. The smallest absolute Gasteiger partial charge is 0.303 e. The average Bonchev–Trinajstić information content (AvgIpc) is 1.26. The van der Waals surface area contributed by atoms with E-state index < -0.39 is 84.4 Å². The van der Waals surface area contributed by atoms with E-state index in [9.17, 15) is 38.4 Å². The first-order valence-electron chi connectivity index (χ1n) is 42.2. The van der Waals surface area contributed by atoms with Crippen molar-refractivity contribution in [3.63, 3.8) is 0 Å². The van der Waals surface area contributed by atoms with Crippen molar-refractivity contribution in [2.45, 2.75) is 400 Å². The Hall–Kier alpha value is -4.96. The van der Waals surface area contributed by atoms with Crippen molar-refractivity contribution in [3.05, 3.63) is 0 Å². The number of rotatable bonds is 60. The highest BCUT2D eigenvalue weighted by molar-refractivity contribution is 5.68. The molecule has 0 spiro atoms. The number of hydrogen-bond acceptors (Lipinski definition) is 26. The molecule has 0 amide bonds. The summed E-state index contributed by atoms with van der Waals surface area (Å²) < 4.78 is 0. The molecule has 0 unspecified atom stereocenters. The lowest BCUT2D eigenvalue weighted by molar-refractivity contribution is -0.138. The van der Waals surface area contributed by atoms with Crippen LogP contribution in [0.5, 0.6) is 0 Å². The van der Waals surface area contributed by atoms with E-state index >= 15 is 0 Å². The number of aliphatic carboxylic acids is 8. The number of aliphatic hydroxyl groups excluding tert-OH is 18. The Morgan fingerprint density at radius 2 is 0.216 bits per heavy atom. The predicted molar refractivity (Wildman–Crippen MR) is 449 cm³/mol. The topological polar surface area (TPSA) is 663 Å². The predicted octanol–water partition coefficient (Wildman–Crippen LogP) is 9.44. The summed E-state index contributed by atoms with van der Waals surface area (Å²) in [6.07, 6.45) is 41.4. The molecule has 0 bridgehead atoms. The van der Waals surface area contributed by atoms with Gasteiger partial charge in [0.05, 0.1) is 79.3 Å². The molecule has 0 rings (SSSR count). The monoisotopic (exact) mass is 1710 g/mol. The minimum Gasteiger partial charge on any atom is -0.481 e. The molecule has 0 atom stereocenters. The van der Waals surface area contributed by atoms with Crippen LogP contribution in [0.2, 0.25) is 0 Å². The third-order valence-electron chi connectivity index (χ3n) is 14.5. The van der Waals surface area contributed by atoms with Gasteiger partial charge in [-0.15, -0.1) is 0 Å². The van der Waals surface area contributed by atoms with Crippen LogP contribution in [-0.2, 0) is 38.4 Å². The van der Waals surface area contributed by atoms with Crippen LogP contribution >= 0.6 is 0 Å². The molecule has 0 aliphatic rings. The Bertz CT molecular complexity index is 1440. The normalized spacial score (nSPS) is 9.79. The zero-order valence-electron chi connectivity index (χ0n) is 72.8. The van der Waals surface area contributed by atoms with E-state index in [0.717, 1.165) is 103 Å². The largest absolute Gasteiger partial charge is 0.481 e. The molecule has 0 aromatic heterocycles. The lowest BCUT2D eigenvalue weighted by Crippen LogP contribution is -2.15. The second-order valence-corrected chi connectivity index (χ2v) is 26.6. The molecule has 0 aromatic rings. The molecule has 0 heterocycles. The van der Waals surface area contributed by atoms with Crippen molar-refractivity contribution in [2.24, 2.45) is 0 Å². The zero-order valence-corrected chi connectivity index (χ0v) is 72.8. The molecule has 0 aromatic carbocycles. The molecule has 0 saturated carbocycles. The molecule has 0 aliphatic heterocycles. The fourth-order valence-electron chi connectivity index (χ4n) is 7.38. The summed E-state index contributed by atoms with van der Waals surface area (Å²) in [5.74, 6) is -5.36. The van der Waals surface area contributed by atoms with Crippen molar-refractivity contribution < 1.29 is 171 Å². The van der Waals surface area contributed by atoms with E-state index in [4.69, 9.17) is 133 Å². The Balaban J connectivity index is -0.0000000809. The average molecular weight is 1710 g/mol. The van der Waals surface area contributed by atoms with Crippen molar-refractivity contribution in [1.29, 1.82) is 0 Å². The van der Waals surface area contributed by atoms with Crippen molar-refractivity contribution in [2.75, 3.05) is 79.3 Å².